The summed E-state index contributed by atoms with van der Waals surface area (Å²) in [6.07, 6.45) is 3.40. The average molecular weight is 306 g/mol. The number of aromatic carboxylic acids is 1. The van der Waals surface area contributed by atoms with E-state index in [1.54, 1.807) is 12.4 Å². The Morgan fingerprint density at radius 2 is 2.10 bits per heavy atom. The molecule has 0 aliphatic heterocycles. The number of hydrogen-bond donors (Lipinski definition) is 3. The number of carbonyl (C=O) groups excluding carboxylic acids is 1. The summed E-state index contributed by atoms with van der Waals surface area (Å²) in [5, 5.41) is 16.1. The minimum atomic E-state index is -1.07. The highest BCUT2D eigenvalue weighted by molar-refractivity contribution is 7.09. The number of pyridine rings is 1. The summed E-state index contributed by atoms with van der Waals surface area (Å²) >= 11 is 1.19. The van der Waals surface area contributed by atoms with Crippen molar-refractivity contribution in [3.8, 4) is 0 Å². The van der Waals surface area contributed by atoms with Gasteiger partial charge in [0.05, 0.1) is 6.54 Å². The minimum absolute atomic E-state index is 0.0109. The molecule has 3 N–H and O–H groups in total. The Morgan fingerprint density at radius 3 is 2.76 bits per heavy atom. The Hall–Kier alpha value is -2.48. The number of thiazole rings is 1. The first kappa shape index (κ1) is 14.9. The summed E-state index contributed by atoms with van der Waals surface area (Å²) < 4.78 is 0. The van der Waals surface area contributed by atoms with Gasteiger partial charge in [-0.05, 0) is 24.1 Å². The molecule has 2 amide bonds. The van der Waals surface area contributed by atoms with Gasteiger partial charge in [0, 0.05) is 24.3 Å². The zero-order chi connectivity index (χ0) is 15.2. The number of carboxylic acid groups (broad SMARTS) is 1. The number of rotatable bonds is 5. The first-order valence-corrected chi connectivity index (χ1v) is 7.03. The van der Waals surface area contributed by atoms with Crippen molar-refractivity contribution >= 4 is 23.3 Å². The van der Waals surface area contributed by atoms with Crippen LogP contribution in [-0.4, -0.2) is 27.1 Å². The fourth-order valence-electron chi connectivity index (χ4n) is 1.57. The molecule has 2 aromatic rings. The molecule has 2 rings (SSSR count). The van der Waals surface area contributed by atoms with Crippen LogP contribution in [0.3, 0.4) is 0 Å². The highest BCUT2D eigenvalue weighted by atomic mass is 32.1. The van der Waals surface area contributed by atoms with Gasteiger partial charge in [-0.15, -0.1) is 11.3 Å². The maximum atomic E-state index is 11.7. The van der Waals surface area contributed by atoms with Gasteiger partial charge < -0.3 is 15.7 Å². The second-order valence-corrected chi connectivity index (χ2v) is 5.21. The molecule has 2 heterocycles. The number of carboxylic acids is 1. The molecule has 0 aliphatic carbocycles. The molecule has 2 aromatic heterocycles. The SMILES string of the molecule is Cc1ccncc1CNC(=O)NCc1nc(C(=O)O)cs1. The number of nitrogens with zero attached hydrogens (tertiary/aromatic N) is 2. The van der Waals surface area contributed by atoms with Crippen LogP contribution in [0.15, 0.2) is 23.8 Å². The number of nitrogens with one attached hydrogen (secondary N) is 2. The molecule has 0 spiro atoms. The molecule has 21 heavy (non-hydrogen) atoms. The van der Waals surface area contributed by atoms with Crippen LogP contribution in [0.1, 0.15) is 26.6 Å². The summed E-state index contributed by atoms with van der Waals surface area (Å²) in [6.45, 7) is 2.51. The zero-order valence-corrected chi connectivity index (χ0v) is 12.1. The van der Waals surface area contributed by atoms with Crippen molar-refractivity contribution in [3.63, 3.8) is 0 Å². The Labute approximate surface area is 125 Å². The van der Waals surface area contributed by atoms with E-state index in [4.69, 9.17) is 5.11 Å². The predicted molar refractivity (Wildman–Crippen MR) is 77.1 cm³/mol. The lowest BCUT2D eigenvalue weighted by atomic mass is 10.2. The molecule has 0 fully saturated rings. The largest absolute Gasteiger partial charge is 0.476 e. The fraction of sp³-hybridized carbons (Fsp3) is 0.231. The minimum Gasteiger partial charge on any atom is -0.476 e. The number of carbonyl (C=O) groups is 2. The summed E-state index contributed by atoms with van der Waals surface area (Å²) in [5.41, 5.74) is 1.98. The van der Waals surface area contributed by atoms with Crippen LogP contribution in [0.2, 0.25) is 0 Å². The van der Waals surface area contributed by atoms with Crippen LogP contribution in [0.25, 0.3) is 0 Å². The van der Waals surface area contributed by atoms with Crippen molar-refractivity contribution in [1.29, 1.82) is 0 Å². The highest BCUT2D eigenvalue weighted by Crippen LogP contribution is 2.09. The second-order valence-electron chi connectivity index (χ2n) is 4.27. The van der Waals surface area contributed by atoms with E-state index in [9.17, 15) is 9.59 Å². The topological polar surface area (TPSA) is 104 Å². The van der Waals surface area contributed by atoms with Gasteiger partial charge in [0.1, 0.15) is 5.01 Å². The number of hydrogen-bond acceptors (Lipinski definition) is 5. The van der Waals surface area contributed by atoms with Crippen molar-refractivity contribution in [1.82, 2.24) is 20.6 Å². The van der Waals surface area contributed by atoms with Crippen LogP contribution in [0.4, 0.5) is 4.79 Å². The number of aryl methyl sites for hydroxylation is 1. The van der Waals surface area contributed by atoms with Gasteiger partial charge in [-0.1, -0.05) is 0 Å². The molecule has 0 radical (unpaired) electrons. The summed E-state index contributed by atoms with van der Waals surface area (Å²) in [7, 11) is 0. The molecule has 0 unspecified atom stereocenters. The van der Waals surface area contributed by atoms with E-state index in [0.717, 1.165) is 11.1 Å². The first-order valence-electron chi connectivity index (χ1n) is 6.15. The lowest BCUT2D eigenvalue weighted by Gasteiger charge is -2.08. The highest BCUT2D eigenvalue weighted by Gasteiger charge is 2.09. The van der Waals surface area contributed by atoms with Crippen molar-refractivity contribution in [2.24, 2.45) is 0 Å². The predicted octanol–water partition coefficient (Wildman–Crippen LogP) is 1.54. The molecule has 110 valence electrons. The molecule has 8 heteroatoms. The molecular weight excluding hydrogens is 292 g/mol. The molecule has 0 saturated carbocycles. The normalized spacial score (nSPS) is 10.1. The van der Waals surface area contributed by atoms with Crippen LogP contribution in [-0.2, 0) is 13.1 Å². The van der Waals surface area contributed by atoms with E-state index in [0.29, 0.717) is 11.6 Å². The number of urea groups is 1. The van der Waals surface area contributed by atoms with E-state index in [1.807, 2.05) is 13.0 Å². The van der Waals surface area contributed by atoms with Gasteiger partial charge in [0.2, 0.25) is 0 Å². The second kappa shape index (κ2) is 6.80. The van der Waals surface area contributed by atoms with Gasteiger partial charge in [-0.3, -0.25) is 4.98 Å². The quantitative estimate of drug-likeness (QED) is 0.777. The van der Waals surface area contributed by atoms with Crippen LogP contribution < -0.4 is 10.6 Å². The third-order valence-electron chi connectivity index (χ3n) is 2.76. The molecule has 0 atom stereocenters. The van der Waals surface area contributed by atoms with Crippen molar-refractivity contribution in [2.45, 2.75) is 20.0 Å². The smallest absolute Gasteiger partial charge is 0.355 e. The van der Waals surface area contributed by atoms with Crippen molar-refractivity contribution in [3.05, 3.63) is 45.7 Å². The van der Waals surface area contributed by atoms with Gasteiger partial charge in [0.15, 0.2) is 5.69 Å². The van der Waals surface area contributed by atoms with Gasteiger partial charge in [0.25, 0.3) is 0 Å². The zero-order valence-electron chi connectivity index (χ0n) is 11.3. The Bertz CT molecular complexity index is 656. The van der Waals surface area contributed by atoms with Crippen molar-refractivity contribution < 1.29 is 14.7 Å². The molecule has 0 aliphatic rings. The standard InChI is InChI=1S/C13H14N4O3S/c1-8-2-3-14-4-9(8)5-15-13(20)16-6-11-17-10(7-21-11)12(18)19/h2-4,7H,5-6H2,1H3,(H,18,19)(H2,15,16,20). The molecule has 0 aromatic carbocycles. The molecule has 7 nitrogen and oxygen atoms in total. The van der Waals surface area contributed by atoms with Gasteiger partial charge in [-0.25, -0.2) is 14.6 Å². The summed E-state index contributed by atoms with van der Waals surface area (Å²) in [5.74, 6) is -1.07. The van der Waals surface area contributed by atoms with Crippen molar-refractivity contribution in [2.75, 3.05) is 0 Å². The number of aromatic nitrogens is 2. The van der Waals surface area contributed by atoms with Crippen LogP contribution in [0.5, 0.6) is 0 Å². The first-order chi connectivity index (χ1) is 10.1. The van der Waals surface area contributed by atoms with E-state index < -0.39 is 5.97 Å². The Kier molecular flexibility index (Phi) is 4.83. The Morgan fingerprint density at radius 1 is 1.33 bits per heavy atom. The number of amides is 2. The fourth-order valence-corrected chi connectivity index (χ4v) is 2.27. The maximum Gasteiger partial charge on any atom is 0.355 e. The Balaban J connectivity index is 1.79. The molecule has 0 saturated heterocycles. The van der Waals surface area contributed by atoms with Crippen LogP contribution in [0, 0.1) is 6.92 Å². The average Bonchev–Trinajstić information content (AvgIpc) is 2.93. The maximum absolute atomic E-state index is 11.7. The summed E-state index contributed by atoms with van der Waals surface area (Å²) in [4.78, 5) is 30.2. The lowest BCUT2D eigenvalue weighted by Crippen LogP contribution is -2.34. The van der Waals surface area contributed by atoms with E-state index in [2.05, 4.69) is 20.6 Å². The molecular formula is C13H14N4O3S. The lowest BCUT2D eigenvalue weighted by molar-refractivity contribution is 0.0691. The van der Waals surface area contributed by atoms with E-state index >= 15 is 0 Å². The van der Waals surface area contributed by atoms with E-state index in [1.165, 1.54) is 16.7 Å². The third kappa shape index (κ3) is 4.25. The van der Waals surface area contributed by atoms with Gasteiger partial charge >= 0.3 is 12.0 Å². The van der Waals surface area contributed by atoms with E-state index in [-0.39, 0.29) is 18.3 Å². The monoisotopic (exact) mass is 306 g/mol. The van der Waals surface area contributed by atoms with Crippen LogP contribution >= 0.6 is 11.3 Å². The van der Waals surface area contributed by atoms with Gasteiger partial charge in [-0.2, -0.15) is 0 Å². The summed E-state index contributed by atoms with van der Waals surface area (Å²) in [6, 6.07) is 1.53. The third-order valence-corrected chi connectivity index (χ3v) is 3.61. The molecule has 0 bridgehead atoms.